The Morgan fingerprint density at radius 1 is 1.42 bits per heavy atom. The number of nitrogens with one attached hydrogen (secondary N) is 1. The Bertz CT molecular complexity index is 563. The molecule has 1 N–H and O–H groups in total. The second-order valence-corrected chi connectivity index (χ2v) is 4.06. The van der Waals surface area contributed by atoms with E-state index in [1.807, 2.05) is 6.07 Å². The molecular formula is C14H16N2O3. The molecule has 1 aromatic carbocycles. The van der Waals surface area contributed by atoms with Crippen LogP contribution in [0.4, 0.5) is 0 Å². The van der Waals surface area contributed by atoms with Gasteiger partial charge in [-0.25, -0.2) is 4.98 Å². The van der Waals surface area contributed by atoms with E-state index < -0.39 is 0 Å². The lowest BCUT2D eigenvalue weighted by Gasteiger charge is -2.08. The van der Waals surface area contributed by atoms with E-state index in [0.717, 1.165) is 5.69 Å². The summed E-state index contributed by atoms with van der Waals surface area (Å²) >= 11 is 0. The lowest BCUT2D eigenvalue weighted by atomic mass is 10.2. The summed E-state index contributed by atoms with van der Waals surface area (Å²) in [6.07, 6.45) is 2.24. The number of hydrogen-bond acceptors (Lipinski definition) is 4. The third-order valence-electron chi connectivity index (χ3n) is 2.68. The van der Waals surface area contributed by atoms with Gasteiger partial charge in [-0.2, -0.15) is 0 Å². The predicted molar refractivity (Wildman–Crippen MR) is 70.3 cm³/mol. The zero-order chi connectivity index (χ0) is 13.7. The van der Waals surface area contributed by atoms with Crippen molar-refractivity contribution in [2.45, 2.75) is 13.3 Å². The van der Waals surface area contributed by atoms with Gasteiger partial charge in [-0.1, -0.05) is 12.1 Å². The predicted octanol–water partition coefficient (Wildman–Crippen LogP) is 1.96. The van der Waals surface area contributed by atoms with Crippen LogP contribution < -0.4 is 10.1 Å². The number of carbonyl (C=O) groups excluding carboxylic acids is 1. The zero-order valence-electron chi connectivity index (χ0n) is 11.0. The van der Waals surface area contributed by atoms with E-state index in [1.54, 1.807) is 38.5 Å². The molecule has 0 spiro atoms. The van der Waals surface area contributed by atoms with E-state index >= 15 is 0 Å². The highest BCUT2D eigenvalue weighted by Gasteiger charge is 2.10. The quantitative estimate of drug-likeness (QED) is 0.892. The van der Waals surface area contributed by atoms with Crippen LogP contribution in [0, 0.1) is 6.92 Å². The summed E-state index contributed by atoms with van der Waals surface area (Å²) in [7, 11) is 1.55. The van der Waals surface area contributed by atoms with Crippen molar-refractivity contribution in [1.82, 2.24) is 10.3 Å². The maximum absolute atomic E-state index is 12.0. The van der Waals surface area contributed by atoms with Gasteiger partial charge in [0.15, 0.2) is 5.89 Å². The minimum Gasteiger partial charge on any atom is -0.496 e. The molecule has 100 valence electrons. The Labute approximate surface area is 111 Å². The van der Waals surface area contributed by atoms with Crippen LogP contribution in [-0.4, -0.2) is 24.5 Å². The maximum atomic E-state index is 12.0. The highest BCUT2D eigenvalue weighted by Crippen LogP contribution is 2.16. The van der Waals surface area contributed by atoms with Crippen LogP contribution in [-0.2, 0) is 6.42 Å². The molecule has 2 aromatic rings. The summed E-state index contributed by atoms with van der Waals surface area (Å²) in [5, 5.41) is 2.83. The number of benzene rings is 1. The third-order valence-corrected chi connectivity index (χ3v) is 2.68. The highest BCUT2D eigenvalue weighted by molar-refractivity contribution is 5.96. The number of amides is 1. The van der Waals surface area contributed by atoms with Gasteiger partial charge in [-0.05, 0) is 12.1 Å². The number of nitrogens with zero attached hydrogens (tertiary/aromatic N) is 1. The van der Waals surface area contributed by atoms with Crippen molar-refractivity contribution in [2.75, 3.05) is 13.7 Å². The molecule has 5 heteroatoms. The van der Waals surface area contributed by atoms with Crippen LogP contribution in [0.5, 0.6) is 5.75 Å². The topological polar surface area (TPSA) is 64.4 Å². The van der Waals surface area contributed by atoms with Crippen LogP contribution in [0.1, 0.15) is 21.9 Å². The molecule has 0 atom stereocenters. The number of ether oxygens (including phenoxy) is 1. The molecule has 1 aromatic heterocycles. The Kier molecular flexibility index (Phi) is 4.18. The zero-order valence-corrected chi connectivity index (χ0v) is 11.0. The van der Waals surface area contributed by atoms with Crippen LogP contribution in [0.25, 0.3) is 0 Å². The summed E-state index contributed by atoms with van der Waals surface area (Å²) in [5.74, 6) is 1.04. The van der Waals surface area contributed by atoms with Crippen molar-refractivity contribution in [3.8, 4) is 5.75 Å². The largest absolute Gasteiger partial charge is 0.496 e. The number of rotatable bonds is 5. The number of hydrogen-bond donors (Lipinski definition) is 1. The maximum Gasteiger partial charge on any atom is 0.255 e. The smallest absolute Gasteiger partial charge is 0.255 e. The minimum atomic E-state index is -0.155. The van der Waals surface area contributed by atoms with E-state index in [-0.39, 0.29) is 5.91 Å². The van der Waals surface area contributed by atoms with Crippen LogP contribution >= 0.6 is 0 Å². The molecule has 1 heterocycles. The molecular weight excluding hydrogens is 244 g/mol. The molecule has 0 aliphatic rings. The summed E-state index contributed by atoms with van der Waals surface area (Å²) in [6.45, 7) is 2.29. The van der Waals surface area contributed by atoms with Crippen molar-refractivity contribution in [2.24, 2.45) is 0 Å². The van der Waals surface area contributed by atoms with Gasteiger partial charge in [0.1, 0.15) is 12.0 Å². The van der Waals surface area contributed by atoms with E-state index in [2.05, 4.69) is 10.3 Å². The molecule has 19 heavy (non-hydrogen) atoms. The Morgan fingerprint density at radius 3 is 2.89 bits per heavy atom. The summed E-state index contributed by atoms with van der Waals surface area (Å²) in [5.41, 5.74) is 1.36. The first kappa shape index (κ1) is 13.1. The average Bonchev–Trinajstić information content (AvgIpc) is 2.84. The first-order chi connectivity index (χ1) is 9.20. The molecule has 0 saturated carbocycles. The standard InChI is InChI=1S/C14H16N2O3/c1-10-16-11(9-19-10)7-8-15-14(17)12-5-3-4-6-13(12)18-2/h3-6,9H,7-8H2,1-2H3,(H,15,17). The second kappa shape index (κ2) is 6.04. The molecule has 0 radical (unpaired) electrons. The summed E-state index contributed by atoms with van der Waals surface area (Å²) in [4.78, 5) is 16.2. The van der Waals surface area contributed by atoms with Crippen molar-refractivity contribution in [3.05, 3.63) is 47.7 Å². The van der Waals surface area contributed by atoms with Crippen molar-refractivity contribution in [1.29, 1.82) is 0 Å². The Hall–Kier alpha value is -2.30. The lowest BCUT2D eigenvalue weighted by molar-refractivity contribution is 0.0951. The minimum absolute atomic E-state index is 0.155. The number of carbonyl (C=O) groups is 1. The Balaban J connectivity index is 1.90. The van der Waals surface area contributed by atoms with Gasteiger partial charge < -0.3 is 14.5 Å². The number of oxazole rings is 1. The fourth-order valence-corrected chi connectivity index (χ4v) is 1.75. The molecule has 1 amide bonds. The number of methoxy groups -OCH3 is 1. The van der Waals surface area contributed by atoms with E-state index in [9.17, 15) is 4.79 Å². The van der Waals surface area contributed by atoms with Gasteiger partial charge in [0.25, 0.3) is 5.91 Å². The fraction of sp³-hybridized carbons (Fsp3) is 0.286. The van der Waals surface area contributed by atoms with Crippen LogP contribution in [0.15, 0.2) is 34.9 Å². The van der Waals surface area contributed by atoms with Gasteiger partial charge in [0, 0.05) is 19.9 Å². The monoisotopic (exact) mass is 260 g/mol. The van der Waals surface area contributed by atoms with E-state index in [1.165, 1.54) is 0 Å². The Morgan fingerprint density at radius 2 is 2.21 bits per heavy atom. The molecule has 0 bridgehead atoms. The fourth-order valence-electron chi connectivity index (χ4n) is 1.75. The molecule has 0 aliphatic heterocycles. The molecule has 0 saturated heterocycles. The molecule has 0 unspecified atom stereocenters. The second-order valence-electron chi connectivity index (χ2n) is 4.06. The molecule has 2 rings (SSSR count). The van der Waals surface area contributed by atoms with Gasteiger partial charge in [0.2, 0.25) is 0 Å². The summed E-state index contributed by atoms with van der Waals surface area (Å²) < 4.78 is 10.2. The van der Waals surface area contributed by atoms with Gasteiger partial charge in [-0.15, -0.1) is 0 Å². The number of aromatic nitrogens is 1. The van der Waals surface area contributed by atoms with Crippen LogP contribution in [0.2, 0.25) is 0 Å². The first-order valence-corrected chi connectivity index (χ1v) is 6.03. The van der Waals surface area contributed by atoms with Crippen LogP contribution in [0.3, 0.4) is 0 Å². The van der Waals surface area contributed by atoms with Gasteiger partial charge in [-0.3, -0.25) is 4.79 Å². The molecule has 0 fully saturated rings. The van der Waals surface area contributed by atoms with E-state index in [4.69, 9.17) is 9.15 Å². The average molecular weight is 260 g/mol. The van der Waals surface area contributed by atoms with Crippen molar-refractivity contribution >= 4 is 5.91 Å². The summed E-state index contributed by atoms with van der Waals surface area (Å²) in [6, 6.07) is 7.12. The van der Waals surface area contributed by atoms with Crippen molar-refractivity contribution < 1.29 is 13.9 Å². The highest BCUT2D eigenvalue weighted by atomic mass is 16.5. The number of aryl methyl sites for hydroxylation is 1. The SMILES string of the molecule is COc1ccccc1C(=O)NCCc1coc(C)n1. The lowest BCUT2D eigenvalue weighted by Crippen LogP contribution is -2.26. The third kappa shape index (κ3) is 3.34. The normalized spacial score (nSPS) is 10.2. The van der Waals surface area contributed by atoms with Gasteiger partial charge >= 0.3 is 0 Å². The molecule has 0 aliphatic carbocycles. The van der Waals surface area contributed by atoms with E-state index in [0.29, 0.717) is 30.2 Å². The number of para-hydroxylation sites is 1. The van der Waals surface area contributed by atoms with Crippen molar-refractivity contribution in [3.63, 3.8) is 0 Å². The first-order valence-electron chi connectivity index (χ1n) is 6.03. The van der Waals surface area contributed by atoms with Gasteiger partial charge in [0.05, 0.1) is 18.4 Å². The molecule has 5 nitrogen and oxygen atoms in total.